The SMILES string of the molecule is Cn1ccnc1CCNCc1ccccn1. The number of aryl methyl sites for hydroxylation is 1. The van der Waals surface area contributed by atoms with Crippen LogP contribution < -0.4 is 5.32 Å². The van der Waals surface area contributed by atoms with E-state index in [9.17, 15) is 0 Å². The lowest BCUT2D eigenvalue weighted by molar-refractivity contribution is 0.646. The first-order valence-electron chi connectivity index (χ1n) is 5.43. The van der Waals surface area contributed by atoms with Gasteiger partial charge in [-0.2, -0.15) is 0 Å². The fraction of sp³-hybridized carbons (Fsp3) is 0.333. The molecule has 0 saturated carbocycles. The molecule has 0 bridgehead atoms. The van der Waals surface area contributed by atoms with E-state index < -0.39 is 0 Å². The Balaban J connectivity index is 1.72. The first-order chi connectivity index (χ1) is 7.86. The van der Waals surface area contributed by atoms with E-state index in [1.165, 1.54) is 0 Å². The number of pyridine rings is 1. The zero-order valence-corrected chi connectivity index (χ0v) is 9.43. The van der Waals surface area contributed by atoms with Crippen molar-refractivity contribution in [3.8, 4) is 0 Å². The third-order valence-corrected chi connectivity index (χ3v) is 2.48. The normalized spacial score (nSPS) is 10.6. The molecule has 0 fully saturated rings. The van der Waals surface area contributed by atoms with Gasteiger partial charge >= 0.3 is 0 Å². The Morgan fingerprint density at radius 2 is 2.19 bits per heavy atom. The Morgan fingerprint density at radius 3 is 2.88 bits per heavy atom. The van der Waals surface area contributed by atoms with E-state index in [1.807, 2.05) is 48.4 Å². The average Bonchev–Trinajstić information content (AvgIpc) is 2.72. The van der Waals surface area contributed by atoms with E-state index in [2.05, 4.69) is 15.3 Å². The number of hydrogen-bond donors (Lipinski definition) is 1. The van der Waals surface area contributed by atoms with Crippen LogP contribution >= 0.6 is 0 Å². The number of imidazole rings is 1. The standard InChI is InChI=1S/C12H16N4/c1-16-9-8-15-12(16)5-7-13-10-11-4-2-3-6-14-11/h2-4,6,8-9,13H,5,7,10H2,1H3. The Kier molecular flexibility index (Phi) is 3.66. The molecule has 2 rings (SSSR count). The molecule has 1 N–H and O–H groups in total. The summed E-state index contributed by atoms with van der Waals surface area (Å²) in [4.78, 5) is 8.52. The van der Waals surface area contributed by atoms with Crippen molar-refractivity contribution < 1.29 is 0 Å². The van der Waals surface area contributed by atoms with Gasteiger partial charge in [0.2, 0.25) is 0 Å². The molecule has 0 atom stereocenters. The van der Waals surface area contributed by atoms with Crippen molar-refractivity contribution in [2.45, 2.75) is 13.0 Å². The van der Waals surface area contributed by atoms with E-state index in [0.717, 1.165) is 31.0 Å². The van der Waals surface area contributed by atoms with Gasteiger partial charge in [0.15, 0.2) is 0 Å². The molecular formula is C12H16N4. The van der Waals surface area contributed by atoms with Crippen molar-refractivity contribution in [2.75, 3.05) is 6.54 Å². The average molecular weight is 216 g/mol. The predicted molar refractivity (Wildman–Crippen MR) is 62.9 cm³/mol. The molecule has 0 radical (unpaired) electrons. The minimum Gasteiger partial charge on any atom is -0.338 e. The van der Waals surface area contributed by atoms with Crippen LogP contribution in [-0.4, -0.2) is 21.1 Å². The van der Waals surface area contributed by atoms with Gasteiger partial charge in [0.05, 0.1) is 5.69 Å². The quantitative estimate of drug-likeness (QED) is 0.762. The van der Waals surface area contributed by atoms with Crippen molar-refractivity contribution in [3.05, 3.63) is 48.3 Å². The molecule has 2 heterocycles. The van der Waals surface area contributed by atoms with Gasteiger partial charge in [0.25, 0.3) is 0 Å². The van der Waals surface area contributed by atoms with E-state index in [1.54, 1.807) is 0 Å². The topological polar surface area (TPSA) is 42.7 Å². The maximum Gasteiger partial charge on any atom is 0.109 e. The lowest BCUT2D eigenvalue weighted by Crippen LogP contribution is -2.18. The number of aromatic nitrogens is 3. The van der Waals surface area contributed by atoms with Gasteiger partial charge in [-0.3, -0.25) is 4.98 Å². The smallest absolute Gasteiger partial charge is 0.109 e. The summed E-state index contributed by atoms with van der Waals surface area (Å²) in [6.07, 6.45) is 6.55. The van der Waals surface area contributed by atoms with Crippen LogP contribution in [0.25, 0.3) is 0 Å². The van der Waals surface area contributed by atoms with Crippen LogP contribution in [0.2, 0.25) is 0 Å². The van der Waals surface area contributed by atoms with Crippen LogP contribution in [0.3, 0.4) is 0 Å². The summed E-state index contributed by atoms with van der Waals surface area (Å²) in [5, 5.41) is 3.35. The molecule has 84 valence electrons. The zero-order valence-electron chi connectivity index (χ0n) is 9.43. The molecule has 4 heteroatoms. The second kappa shape index (κ2) is 5.42. The lowest BCUT2D eigenvalue weighted by Gasteiger charge is -2.04. The van der Waals surface area contributed by atoms with Crippen molar-refractivity contribution in [3.63, 3.8) is 0 Å². The Morgan fingerprint density at radius 1 is 1.25 bits per heavy atom. The molecule has 0 spiro atoms. The predicted octanol–water partition coefficient (Wildman–Crippen LogP) is 1.15. The molecular weight excluding hydrogens is 200 g/mol. The van der Waals surface area contributed by atoms with Gasteiger partial charge in [-0.25, -0.2) is 4.98 Å². The van der Waals surface area contributed by atoms with Crippen LogP contribution in [0.15, 0.2) is 36.8 Å². The number of nitrogens with one attached hydrogen (secondary N) is 1. The molecule has 2 aromatic rings. The largest absolute Gasteiger partial charge is 0.338 e. The van der Waals surface area contributed by atoms with E-state index >= 15 is 0 Å². The fourth-order valence-corrected chi connectivity index (χ4v) is 1.56. The highest BCUT2D eigenvalue weighted by molar-refractivity contribution is 5.03. The van der Waals surface area contributed by atoms with Gasteiger partial charge in [-0.15, -0.1) is 0 Å². The maximum atomic E-state index is 4.27. The van der Waals surface area contributed by atoms with Crippen molar-refractivity contribution in [1.82, 2.24) is 19.9 Å². The van der Waals surface area contributed by atoms with Gasteiger partial charge < -0.3 is 9.88 Å². The van der Waals surface area contributed by atoms with Gasteiger partial charge in [0.1, 0.15) is 5.82 Å². The molecule has 0 aromatic carbocycles. The second-order valence-corrected chi connectivity index (χ2v) is 3.70. The summed E-state index contributed by atoms with van der Waals surface area (Å²) in [7, 11) is 2.01. The highest BCUT2D eigenvalue weighted by atomic mass is 15.0. The van der Waals surface area contributed by atoms with E-state index in [0.29, 0.717) is 0 Å². The second-order valence-electron chi connectivity index (χ2n) is 3.70. The summed E-state index contributed by atoms with van der Waals surface area (Å²) in [5.41, 5.74) is 1.07. The molecule has 4 nitrogen and oxygen atoms in total. The third kappa shape index (κ3) is 2.90. The van der Waals surface area contributed by atoms with Crippen LogP contribution in [0, 0.1) is 0 Å². The Bertz CT molecular complexity index is 422. The molecule has 2 aromatic heterocycles. The third-order valence-electron chi connectivity index (χ3n) is 2.48. The monoisotopic (exact) mass is 216 g/mol. The fourth-order valence-electron chi connectivity index (χ4n) is 1.56. The summed E-state index contributed by atoms with van der Waals surface area (Å²) < 4.78 is 2.04. The van der Waals surface area contributed by atoms with Gasteiger partial charge in [-0.1, -0.05) is 6.07 Å². The maximum absolute atomic E-state index is 4.27. The Labute approximate surface area is 95.4 Å². The zero-order chi connectivity index (χ0) is 11.2. The minimum atomic E-state index is 0.811. The number of rotatable bonds is 5. The summed E-state index contributed by atoms with van der Waals surface area (Å²) in [6.45, 7) is 1.73. The van der Waals surface area contributed by atoms with E-state index in [4.69, 9.17) is 0 Å². The number of nitrogens with zero attached hydrogens (tertiary/aromatic N) is 3. The molecule has 0 saturated heterocycles. The lowest BCUT2D eigenvalue weighted by atomic mass is 10.3. The summed E-state index contributed by atoms with van der Waals surface area (Å²) in [6, 6.07) is 5.95. The highest BCUT2D eigenvalue weighted by Gasteiger charge is 1.98. The molecule has 0 unspecified atom stereocenters. The Hall–Kier alpha value is -1.68. The highest BCUT2D eigenvalue weighted by Crippen LogP contribution is 1.95. The van der Waals surface area contributed by atoms with Crippen LogP contribution in [-0.2, 0) is 20.0 Å². The van der Waals surface area contributed by atoms with Gasteiger partial charge in [0, 0.05) is 45.1 Å². The summed E-state index contributed by atoms with van der Waals surface area (Å²) >= 11 is 0. The first-order valence-corrected chi connectivity index (χ1v) is 5.43. The van der Waals surface area contributed by atoms with Crippen LogP contribution in [0.5, 0.6) is 0 Å². The molecule has 0 aliphatic carbocycles. The minimum absolute atomic E-state index is 0.811. The summed E-state index contributed by atoms with van der Waals surface area (Å²) in [5.74, 6) is 1.11. The van der Waals surface area contributed by atoms with Gasteiger partial charge in [-0.05, 0) is 12.1 Å². The molecule has 0 aliphatic rings. The van der Waals surface area contributed by atoms with Crippen molar-refractivity contribution in [1.29, 1.82) is 0 Å². The van der Waals surface area contributed by atoms with Crippen molar-refractivity contribution >= 4 is 0 Å². The molecule has 0 amide bonds. The molecule has 16 heavy (non-hydrogen) atoms. The van der Waals surface area contributed by atoms with Crippen LogP contribution in [0.1, 0.15) is 11.5 Å². The number of hydrogen-bond acceptors (Lipinski definition) is 3. The first kappa shape index (κ1) is 10.8. The van der Waals surface area contributed by atoms with Crippen LogP contribution in [0.4, 0.5) is 0 Å². The van der Waals surface area contributed by atoms with Crippen molar-refractivity contribution in [2.24, 2.45) is 7.05 Å². The van der Waals surface area contributed by atoms with E-state index in [-0.39, 0.29) is 0 Å². The molecule has 0 aliphatic heterocycles.